The number of fused-ring (bicyclic) bond motifs is 1. The van der Waals surface area contributed by atoms with Gasteiger partial charge in [-0.15, -0.1) is 11.3 Å². The van der Waals surface area contributed by atoms with Crippen LogP contribution in [0.5, 0.6) is 0 Å². The number of aryl methyl sites for hydroxylation is 1. The van der Waals surface area contributed by atoms with Crippen LogP contribution in [0, 0.1) is 5.41 Å². The number of carbonyl (C=O) groups excluding carboxylic acids is 1. The molecule has 4 aromatic rings. The van der Waals surface area contributed by atoms with E-state index in [0.717, 1.165) is 33.9 Å². The Balaban J connectivity index is 1.46. The highest BCUT2D eigenvalue weighted by Crippen LogP contribution is 2.36. The van der Waals surface area contributed by atoms with Crippen LogP contribution in [0.1, 0.15) is 28.9 Å². The molecule has 36 heavy (non-hydrogen) atoms. The largest absolute Gasteiger partial charge is 0.469 e. The van der Waals surface area contributed by atoms with Gasteiger partial charge in [0.1, 0.15) is 12.2 Å². The van der Waals surface area contributed by atoms with E-state index in [1.54, 1.807) is 35.0 Å². The number of rotatable bonds is 7. The number of hydrazine groups is 1. The van der Waals surface area contributed by atoms with Gasteiger partial charge in [-0.1, -0.05) is 11.6 Å². The van der Waals surface area contributed by atoms with Gasteiger partial charge in [0.25, 0.3) is 5.56 Å². The highest BCUT2D eigenvalue weighted by molar-refractivity contribution is 7.15. The molecule has 0 amide bonds. The maximum atomic E-state index is 13.3. The third kappa shape index (κ3) is 4.46. The number of nitrogens with zero attached hydrogens (tertiary/aromatic N) is 3. The lowest BCUT2D eigenvalue weighted by molar-refractivity contribution is -0.139. The second-order valence-electron chi connectivity index (χ2n) is 8.40. The summed E-state index contributed by atoms with van der Waals surface area (Å²) in [6.45, 7) is 0. The van der Waals surface area contributed by atoms with Gasteiger partial charge in [0.15, 0.2) is 0 Å². The van der Waals surface area contributed by atoms with E-state index >= 15 is 0 Å². The minimum Gasteiger partial charge on any atom is -0.469 e. The number of pyridine rings is 1. The van der Waals surface area contributed by atoms with Crippen molar-refractivity contribution in [1.29, 1.82) is 5.41 Å². The number of hydrogen-bond donors (Lipinski definition) is 3. The number of benzene rings is 1. The SMILES string of the molecule is COC(=O)Cc1ccc(-c2cnc([C@@H]3CCc4cc(-c5cc(Cl)ccc5N(N)C=N)cc(=O)n43)[nH]2)s1. The molecule has 0 aliphatic carbocycles. The summed E-state index contributed by atoms with van der Waals surface area (Å²) in [7, 11) is 1.37. The first-order valence-corrected chi connectivity index (χ1v) is 12.4. The molecule has 1 aliphatic heterocycles. The molecule has 11 heteroatoms. The molecule has 1 atom stereocenters. The molecule has 9 nitrogen and oxygen atoms in total. The predicted molar refractivity (Wildman–Crippen MR) is 141 cm³/mol. The monoisotopic (exact) mass is 522 g/mol. The fourth-order valence-electron chi connectivity index (χ4n) is 4.51. The molecule has 0 spiro atoms. The molecule has 0 saturated heterocycles. The summed E-state index contributed by atoms with van der Waals surface area (Å²) in [4.78, 5) is 34.7. The first-order chi connectivity index (χ1) is 17.4. The van der Waals surface area contributed by atoms with Gasteiger partial charge in [0.05, 0.1) is 42.0 Å². The van der Waals surface area contributed by atoms with Crippen LogP contribution < -0.4 is 16.4 Å². The summed E-state index contributed by atoms with van der Waals surface area (Å²) in [6, 6.07) is 12.3. The Kier molecular flexibility index (Phi) is 6.48. The number of thiophene rings is 1. The van der Waals surface area contributed by atoms with Gasteiger partial charge in [-0.05, 0) is 54.8 Å². The molecule has 4 N–H and O–H groups in total. The van der Waals surface area contributed by atoms with Crippen molar-refractivity contribution >= 4 is 40.9 Å². The Hall–Kier alpha value is -3.73. The maximum Gasteiger partial charge on any atom is 0.310 e. The van der Waals surface area contributed by atoms with Gasteiger partial charge in [-0.3, -0.25) is 20.0 Å². The standard InChI is InChI=1S/C25H23ClN6O3S/c1-35-24(34)11-17-4-7-22(36-17)19-12-29-25(30-19)21-6-3-16-8-14(9-23(33)32(16)21)18-10-15(26)2-5-20(18)31(28)13-27/h2,4-5,7-10,12-13,21,27H,3,6,11,28H2,1H3,(H,29,30)/t21-/m0/s1. The minimum absolute atomic E-state index is 0.149. The molecular weight excluding hydrogens is 500 g/mol. The summed E-state index contributed by atoms with van der Waals surface area (Å²) in [6.07, 6.45) is 4.43. The summed E-state index contributed by atoms with van der Waals surface area (Å²) in [5.41, 5.74) is 3.52. The number of methoxy groups -OCH3 is 1. The number of imidazole rings is 1. The summed E-state index contributed by atoms with van der Waals surface area (Å²) >= 11 is 7.73. The Morgan fingerprint density at radius 2 is 2.19 bits per heavy atom. The van der Waals surface area contributed by atoms with Crippen LogP contribution in [0.3, 0.4) is 0 Å². The predicted octanol–water partition coefficient (Wildman–Crippen LogP) is 4.16. The van der Waals surface area contributed by atoms with Crippen molar-refractivity contribution in [3.63, 3.8) is 0 Å². The number of anilines is 1. The average molecular weight is 523 g/mol. The number of halogens is 1. The number of carbonyl (C=O) groups is 1. The molecule has 0 unspecified atom stereocenters. The molecule has 0 fully saturated rings. The number of H-pyrrole nitrogens is 1. The second-order valence-corrected chi connectivity index (χ2v) is 10.0. The number of nitrogens with two attached hydrogens (primary N) is 1. The number of ether oxygens (including phenoxy) is 1. The van der Waals surface area contributed by atoms with E-state index in [9.17, 15) is 9.59 Å². The van der Waals surface area contributed by atoms with Crippen molar-refractivity contribution in [3.8, 4) is 21.7 Å². The zero-order valence-electron chi connectivity index (χ0n) is 19.3. The summed E-state index contributed by atoms with van der Waals surface area (Å²) in [5.74, 6) is 6.37. The topological polar surface area (TPSA) is 130 Å². The molecule has 1 aliphatic rings. The highest BCUT2D eigenvalue weighted by Gasteiger charge is 2.28. The van der Waals surface area contributed by atoms with Crippen LogP contribution in [0.15, 0.2) is 53.5 Å². The van der Waals surface area contributed by atoms with Crippen LogP contribution in [-0.4, -0.2) is 34.0 Å². The van der Waals surface area contributed by atoms with Gasteiger partial charge in [0.2, 0.25) is 0 Å². The van der Waals surface area contributed by atoms with Gasteiger partial charge in [-0.25, -0.2) is 10.8 Å². The minimum atomic E-state index is -0.281. The third-order valence-corrected chi connectivity index (χ3v) is 7.56. The van der Waals surface area contributed by atoms with E-state index in [-0.39, 0.29) is 24.0 Å². The zero-order chi connectivity index (χ0) is 25.4. The van der Waals surface area contributed by atoms with Crippen LogP contribution in [0.25, 0.3) is 21.7 Å². The zero-order valence-corrected chi connectivity index (χ0v) is 20.9. The molecular formula is C25H23ClN6O3S. The normalized spacial score (nSPS) is 14.5. The van der Waals surface area contributed by atoms with Crippen molar-refractivity contribution in [2.45, 2.75) is 25.3 Å². The number of nitrogens with one attached hydrogen (secondary N) is 2. The fraction of sp³-hybridized carbons (Fsp3) is 0.200. The Morgan fingerprint density at radius 1 is 1.36 bits per heavy atom. The Morgan fingerprint density at radius 3 is 2.97 bits per heavy atom. The quantitative estimate of drug-likeness (QED) is 0.110. The molecule has 5 rings (SSSR count). The molecule has 3 aromatic heterocycles. The second kappa shape index (κ2) is 9.73. The molecule has 1 aromatic carbocycles. The van der Waals surface area contributed by atoms with Crippen molar-refractivity contribution < 1.29 is 9.53 Å². The number of hydrogen-bond acceptors (Lipinski definition) is 7. The maximum absolute atomic E-state index is 13.3. The number of esters is 1. The van der Waals surface area contributed by atoms with E-state index in [1.807, 2.05) is 18.2 Å². The first kappa shape index (κ1) is 24.0. The lowest BCUT2D eigenvalue weighted by Gasteiger charge is -2.18. The van der Waals surface area contributed by atoms with Gasteiger partial charge in [-0.2, -0.15) is 0 Å². The van der Waals surface area contributed by atoms with Crippen molar-refractivity contribution in [3.05, 3.63) is 80.4 Å². The highest BCUT2D eigenvalue weighted by atomic mass is 35.5. The van der Waals surface area contributed by atoms with Crippen molar-refractivity contribution in [2.24, 2.45) is 5.84 Å². The number of aromatic nitrogens is 3. The van der Waals surface area contributed by atoms with Crippen molar-refractivity contribution in [2.75, 3.05) is 12.1 Å². The van der Waals surface area contributed by atoms with Gasteiger partial charge in [0, 0.05) is 27.2 Å². The lowest BCUT2D eigenvalue weighted by Crippen LogP contribution is -2.29. The Bertz CT molecular complexity index is 1520. The molecule has 4 heterocycles. The smallest absolute Gasteiger partial charge is 0.310 e. The molecule has 0 radical (unpaired) electrons. The summed E-state index contributed by atoms with van der Waals surface area (Å²) < 4.78 is 6.51. The van der Waals surface area contributed by atoms with E-state index < -0.39 is 0 Å². The number of aromatic amines is 1. The van der Waals surface area contributed by atoms with Crippen LogP contribution in [-0.2, 0) is 22.4 Å². The van der Waals surface area contributed by atoms with E-state index in [0.29, 0.717) is 34.1 Å². The molecule has 0 bridgehead atoms. The molecule has 0 saturated carbocycles. The third-order valence-electron chi connectivity index (χ3n) is 6.20. The van der Waals surface area contributed by atoms with E-state index in [4.69, 9.17) is 27.6 Å². The van der Waals surface area contributed by atoms with E-state index in [1.165, 1.54) is 23.5 Å². The van der Waals surface area contributed by atoms with Crippen LogP contribution in [0.4, 0.5) is 5.69 Å². The summed E-state index contributed by atoms with van der Waals surface area (Å²) in [5, 5.41) is 9.19. The van der Waals surface area contributed by atoms with E-state index in [2.05, 4.69) is 9.97 Å². The average Bonchev–Trinajstić information content (AvgIpc) is 3.62. The fourth-order valence-corrected chi connectivity index (χ4v) is 5.64. The first-order valence-electron chi connectivity index (χ1n) is 11.2. The van der Waals surface area contributed by atoms with Crippen molar-refractivity contribution in [1.82, 2.24) is 14.5 Å². The van der Waals surface area contributed by atoms with Gasteiger partial charge >= 0.3 is 5.97 Å². The Labute approximate surface area is 215 Å². The lowest BCUT2D eigenvalue weighted by atomic mass is 10.0. The van der Waals surface area contributed by atoms with Crippen LogP contribution in [0.2, 0.25) is 5.02 Å². The van der Waals surface area contributed by atoms with Gasteiger partial charge < -0.3 is 14.3 Å². The van der Waals surface area contributed by atoms with Crippen LogP contribution >= 0.6 is 22.9 Å². The molecule has 184 valence electrons.